The van der Waals surface area contributed by atoms with Gasteiger partial charge in [0.05, 0.1) is 42.4 Å². The molecule has 2 saturated heterocycles. The van der Waals surface area contributed by atoms with Crippen molar-refractivity contribution < 1.29 is 23.9 Å². The second-order valence-corrected chi connectivity index (χ2v) is 15.1. The van der Waals surface area contributed by atoms with Crippen LogP contribution in [0.4, 0.5) is 10.6 Å². The smallest absolute Gasteiger partial charge is 0.408 e. The maximum atomic E-state index is 12.7. The predicted octanol–water partition coefficient (Wildman–Crippen LogP) is 7.00. The fourth-order valence-electron chi connectivity index (χ4n) is 5.97. The van der Waals surface area contributed by atoms with Crippen LogP contribution in [0.5, 0.6) is 0 Å². The first-order valence-electron chi connectivity index (χ1n) is 19.6. The van der Waals surface area contributed by atoms with Gasteiger partial charge < -0.3 is 35.5 Å². The molecule has 1 atom stereocenters. The molecule has 306 valence electrons. The van der Waals surface area contributed by atoms with Crippen LogP contribution >= 0.6 is 11.3 Å². The molecule has 14 nitrogen and oxygen atoms in total. The fraction of sp³-hybridized carbons (Fsp3) is 0.429. The lowest BCUT2D eigenvalue weighted by atomic mass is 10.1. The highest BCUT2D eigenvalue weighted by Gasteiger charge is 2.29. The fourth-order valence-corrected chi connectivity index (χ4v) is 6.94. The van der Waals surface area contributed by atoms with Crippen molar-refractivity contribution >= 4 is 46.4 Å². The molecule has 0 saturated carbocycles. The molecule has 2 aliphatic rings. The zero-order chi connectivity index (χ0) is 41.0. The first kappa shape index (κ1) is 44.2. The topological polar surface area (TPSA) is 166 Å². The van der Waals surface area contributed by atoms with Crippen LogP contribution in [-0.2, 0) is 19.1 Å². The number of aromatic amines is 1. The molecule has 1 unspecified atom stereocenters. The Morgan fingerprint density at radius 1 is 0.912 bits per heavy atom. The lowest BCUT2D eigenvalue weighted by molar-refractivity contribution is -0.132. The van der Waals surface area contributed by atoms with Crippen molar-refractivity contribution in [3.8, 4) is 21.7 Å². The van der Waals surface area contributed by atoms with Crippen molar-refractivity contribution in [3.63, 3.8) is 0 Å². The summed E-state index contributed by atoms with van der Waals surface area (Å²) in [5.41, 5.74) is 4.00. The minimum atomic E-state index is -0.682. The molecule has 5 aromatic rings. The summed E-state index contributed by atoms with van der Waals surface area (Å²) in [6, 6.07) is 16.9. The number of anilines is 1. The number of hydrogen-bond acceptors (Lipinski definition) is 9. The van der Waals surface area contributed by atoms with E-state index in [4.69, 9.17) is 4.74 Å². The second-order valence-electron chi connectivity index (χ2n) is 14.1. The van der Waals surface area contributed by atoms with Crippen LogP contribution in [0.2, 0.25) is 0 Å². The Morgan fingerprint density at radius 2 is 1.54 bits per heavy atom. The number of carbonyl (C=O) groups is 4. The van der Waals surface area contributed by atoms with Crippen molar-refractivity contribution in [3.05, 3.63) is 85.1 Å². The van der Waals surface area contributed by atoms with Gasteiger partial charge in [-0.1, -0.05) is 100 Å². The number of aromatic nitrogens is 4. The summed E-state index contributed by atoms with van der Waals surface area (Å²) in [5, 5.41) is 8.12. The van der Waals surface area contributed by atoms with Gasteiger partial charge in [0.1, 0.15) is 6.04 Å². The zero-order valence-electron chi connectivity index (χ0n) is 33.7. The molecule has 4 amide bonds. The summed E-state index contributed by atoms with van der Waals surface area (Å²) in [6.07, 6.45) is 13.0. The van der Waals surface area contributed by atoms with Gasteiger partial charge in [-0.15, -0.1) is 0 Å². The Kier molecular flexibility index (Phi) is 18.2. The van der Waals surface area contributed by atoms with Crippen molar-refractivity contribution in [1.82, 2.24) is 39.8 Å². The summed E-state index contributed by atoms with van der Waals surface area (Å²) in [6.45, 7) is 12.4. The summed E-state index contributed by atoms with van der Waals surface area (Å²) >= 11 is 1.58. The number of rotatable bonds is 11. The number of likely N-dealkylation sites (N-methyl/N-ethyl adjacent to an activating group) is 1. The van der Waals surface area contributed by atoms with Gasteiger partial charge in [0.25, 0.3) is 0 Å². The summed E-state index contributed by atoms with van der Waals surface area (Å²) in [7, 11) is 1.80. The van der Waals surface area contributed by atoms with E-state index in [1.807, 2.05) is 59.7 Å². The molecule has 57 heavy (non-hydrogen) atoms. The maximum Gasteiger partial charge on any atom is 0.408 e. The molecule has 5 heterocycles. The highest BCUT2D eigenvalue weighted by molar-refractivity contribution is 7.20. The average molecular weight is 800 g/mol. The summed E-state index contributed by atoms with van der Waals surface area (Å²) < 4.78 is 7.06. The van der Waals surface area contributed by atoms with Crippen LogP contribution in [0, 0.1) is 5.92 Å². The van der Waals surface area contributed by atoms with Gasteiger partial charge in [0.15, 0.2) is 10.8 Å². The van der Waals surface area contributed by atoms with Gasteiger partial charge in [-0.3, -0.25) is 18.8 Å². The molecule has 0 aliphatic carbocycles. The largest absolute Gasteiger partial charge is 0.449 e. The molecule has 2 aliphatic heterocycles. The Bertz CT molecular complexity index is 1900. The minimum absolute atomic E-state index is 0.0646. The van der Waals surface area contributed by atoms with Gasteiger partial charge in [-0.05, 0) is 55.3 Å². The van der Waals surface area contributed by atoms with E-state index in [0.29, 0.717) is 25.4 Å². The molecular weight excluding hydrogens is 743 g/mol. The Labute approximate surface area is 339 Å². The van der Waals surface area contributed by atoms with Crippen LogP contribution in [0.1, 0.15) is 71.4 Å². The number of thiazole rings is 1. The van der Waals surface area contributed by atoms with E-state index < -0.39 is 12.1 Å². The molecule has 4 N–H and O–H groups in total. The van der Waals surface area contributed by atoms with Crippen LogP contribution < -0.4 is 16.0 Å². The number of alkyl carbamates (subject to hydrolysis) is 1. The molecule has 2 fully saturated rings. The van der Waals surface area contributed by atoms with E-state index in [2.05, 4.69) is 69.0 Å². The third kappa shape index (κ3) is 13.9. The number of benzene rings is 2. The third-order valence-electron chi connectivity index (χ3n) is 8.74. The predicted molar refractivity (Wildman–Crippen MR) is 226 cm³/mol. The minimum Gasteiger partial charge on any atom is -0.449 e. The maximum absolute atomic E-state index is 12.7. The first-order valence-corrected chi connectivity index (χ1v) is 20.5. The third-order valence-corrected chi connectivity index (χ3v) is 9.78. The number of nitrogens with zero attached hydrogens (tertiary/aromatic N) is 5. The molecule has 0 radical (unpaired) electrons. The SMILES string of the molecule is CC(C)COC(=O)NC(C(=O)N1CCCC1)c1ccccc1.CCC.CNCC(=O)N1CCCC1.O=CNc1cn2cc(-c3ccc(-c4cnc[nH]4)cc3)sc2n1. The molecule has 15 heteroatoms. The molecular formula is C42H57N9O5S. The van der Waals surface area contributed by atoms with Gasteiger partial charge >= 0.3 is 6.09 Å². The normalized spacial score (nSPS) is 13.7. The van der Waals surface area contributed by atoms with Gasteiger partial charge in [0, 0.05) is 32.4 Å². The lowest BCUT2D eigenvalue weighted by Gasteiger charge is -2.24. The van der Waals surface area contributed by atoms with Gasteiger partial charge in [0.2, 0.25) is 18.2 Å². The van der Waals surface area contributed by atoms with E-state index >= 15 is 0 Å². The van der Waals surface area contributed by atoms with Crippen LogP contribution in [0.3, 0.4) is 0 Å². The molecule has 0 bridgehead atoms. The zero-order valence-corrected chi connectivity index (χ0v) is 34.5. The number of imidazole rings is 2. The number of likely N-dealkylation sites (tertiary alicyclic amines) is 2. The van der Waals surface area contributed by atoms with Gasteiger partial charge in [-0.2, -0.15) is 0 Å². The van der Waals surface area contributed by atoms with Crippen LogP contribution in [0.15, 0.2) is 79.5 Å². The number of hydrogen-bond donors (Lipinski definition) is 4. The quantitative estimate of drug-likeness (QED) is 0.104. The highest BCUT2D eigenvalue weighted by atomic mass is 32.1. The number of H-pyrrole nitrogens is 1. The van der Waals surface area contributed by atoms with Crippen molar-refractivity contribution in [2.45, 2.75) is 65.8 Å². The highest BCUT2D eigenvalue weighted by Crippen LogP contribution is 2.30. The van der Waals surface area contributed by atoms with E-state index in [0.717, 1.165) is 71.2 Å². The number of ether oxygens (including phenoxy) is 1. The number of amides is 4. The number of nitrogens with one attached hydrogen (secondary N) is 4. The Balaban J connectivity index is 0.000000195. The first-order chi connectivity index (χ1) is 27.7. The average Bonchev–Trinajstić information content (AvgIpc) is 4.07. The summed E-state index contributed by atoms with van der Waals surface area (Å²) in [4.78, 5) is 63.3. The van der Waals surface area contributed by atoms with E-state index in [9.17, 15) is 19.2 Å². The molecule has 7 rings (SSSR count). The van der Waals surface area contributed by atoms with E-state index in [1.54, 1.807) is 42.0 Å². The standard InChI is InChI=1S/C17H24N2O3.C15H11N5OS.C7H14N2O.C3H8/c1-13(2)12-22-17(21)18-15(14-8-4-3-5-9-14)16(20)19-10-6-7-11-19;21-9-18-14-7-20-6-13(22-15(20)19-14)11-3-1-10(2-4-11)12-5-16-8-17-12;1-8-6-7(10)9-4-2-3-5-9;1-3-2/h3-5,8-9,13,15H,6-7,10-12H2,1-2H3,(H,18,21);1-9H,(H,16,17)(H,18,21);8H,2-6H2,1H3;3H2,1-2H3. The Morgan fingerprint density at radius 3 is 2.11 bits per heavy atom. The second kappa shape index (κ2) is 23.5. The van der Waals surface area contributed by atoms with Crippen LogP contribution in [0.25, 0.3) is 26.7 Å². The molecule has 2 aromatic carbocycles. The van der Waals surface area contributed by atoms with Gasteiger partial charge in [-0.25, -0.2) is 14.8 Å². The monoisotopic (exact) mass is 799 g/mol. The van der Waals surface area contributed by atoms with E-state index in [-0.39, 0.29) is 17.7 Å². The molecule has 3 aromatic heterocycles. The van der Waals surface area contributed by atoms with Crippen molar-refractivity contribution in [2.24, 2.45) is 5.92 Å². The van der Waals surface area contributed by atoms with Crippen molar-refractivity contribution in [1.29, 1.82) is 0 Å². The van der Waals surface area contributed by atoms with E-state index in [1.165, 1.54) is 19.3 Å². The van der Waals surface area contributed by atoms with Crippen LogP contribution in [-0.4, -0.2) is 99.8 Å². The molecule has 0 spiro atoms. The lowest BCUT2D eigenvalue weighted by Crippen LogP contribution is -2.42. The number of fused-ring (bicyclic) bond motifs is 1. The summed E-state index contributed by atoms with van der Waals surface area (Å²) in [5.74, 6) is 0.989. The number of carbonyl (C=O) groups excluding carboxylic acids is 4. The van der Waals surface area contributed by atoms with Crippen molar-refractivity contribution in [2.75, 3.05) is 51.7 Å². The Hall–Kier alpha value is -5.54.